The van der Waals surface area contributed by atoms with Crippen LogP contribution in [0.25, 0.3) is 0 Å². The first kappa shape index (κ1) is 15.5. The molecule has 0 saturated carbocycles. The van der Waals surface area contributed by atoms with Crippen LogP contribution in [0.2, 0.25) is 0 Å². The van der Waals surface area contributed by atoms with Crippen molar-refractivity contribution in [2.75, 3.05) is 13.6 Å². The molecule has 3 rings (SSSR count). The summed E-state index contributed by atoms with van der Waals surface area (Å²) in [5.41, 5.74) is 1.12. The minimum absolute atomic E-state index is 0.0190. The number of urea groups is 1. The second kappa shape index (κ2) is 7.26. The Morgan fingerprint density at radius 3 is 2.87 bits per heavy atom. The molecule has 6 heteroatoms. The van der Waals surface area contributed by atoms with Gasteiger partial charge >= 0.3 is 6.03 Å². The van der Waals surface area contributed by atoms with Gasteiger partial charge < -0.3 is 14.3 Å². The highest BCUT2D eigenvalue weighted by Gasteiger charge is 2.31. The molecule has 0 bridgehead atoms. The standard InChI is InChI=1S/C17H22N4O2/c1-20(12-14-8-4-2-5-9-14)17(22)21-11-7-3-6-10-15(21)16-18-13-23-19-16/h2,4-5,8-9,13,15H,3,6-7,10-12H2,1H3. The number of hydrogen-bond acceptors (Lipinski definition) is 4. The third kappa shape index (κ3) is 3.70. The summed E-state index contributed by atoms with van der Waals surface area (Å²) in [5, 5.41) is 3.96. The van der Waals surface area contributed by atoms with E-state index >= 15 is 0 Å². The summed E-state index contributed by atoms with van der Waals surface area (Å²) in [6, 6.07) is 9.94. The van der Waals surface area contributed by atoms with Crippen LogP contribution in [0.5, 0.6) is 0 Å². The summed E-state index contributed by atoms with van der Waals surface area (Å²) in [6.45, 7) is 1.33. The summed E-state index contributed by atoms with van der Waals surface area (Å²) in [5.74, 6) is 0.605. The van der Waals surface area contributed by atoms with Gasteiger partial charge in [-0.05, 0) is 18.4 Å². The van der Waals surface area contributed by atoms with Gasteiger partial charge in [0.2, 0.25) is 6.39 Å². The second-order valence-corrected chi connectivity index (χ2v) is 5.97. The predicted molar refractivity (Wildman–Crippen MR) is 85.5 cm³/mol. The van der Waals surface area contributed by atoms with Crippen molar-refractivity contribution in [1.29, 1.82) is 0 Å². The van der Waals surface area contributed by atoms with E-state index in [0.717, 1.165) is 37.8 Å². The van der Waals surface area contributed by atoms with Crippen molar-refractivity contribution >= 4 is 6.03 Å². The van der Waals surface area contributed by atoms with Crippen molar-refractivity contribution in [3.05, 3.63) is 48.1 Å². The van der Waals surface area contributed by atoms with Crippen LogP contribution in [0.3, 0.4) is 0 Å². The lowest BCUT2D eigenvalue weighted by atomic mass is 10.1. The van der Waals surface area contributed by atoms with Gasteiger partial charge in [-0.15, -0.1) is 0 Å². The topological polar surface area (TPSA) is 62.5 Å². The number of benzene rings is 1. The van der Waals surface area contributed by atoms with E-state index in [4.69, 9.17) is 4.52 Å². The Hall–Kier alpha value is -2.37. The normalized spacial score (nSPS) is 18.5. The summed E-state index contributed by atoms with van der Waals surface area (Å²) in [7, 11) is 1.84. The molecular formula is C17H22N4O2. The van der Waals surface area contributed by atoms with Gasteiger partial charge in [0.25, 0.3) is 0 Å². The fourth-order valence-corrected chi connectivity index (χ4v) is 3.08. The molecule has 1 aliphatic heterocycles. The van der Waals surface area contributed by atoms with Crippen LogP contribution in [0.15, 0.2) is 41.2 Å². The molecule has 6 nitrogen and oxygen atoms in total. The van der Waals surface area contributed by atoms with Gasteiger partial charge in [0.15, 0.2) is 5.82 Å². The number of nitrogens with zero attached hydrogens (tertiary/aromatic N) is 4. The number of amides is 2. The highest BCUT2D eigenvalue weighted by molar-refractivity contribution is 5.74. The van der Waals surface area contributed by atoms with Crippen LogP contribution in [-0.4, -0.2) is 39.6 Å². The Labute approximate surface area is 136 Å². The first-order valence-electron chi connectivity index (χ1n) is 8.07. The van der Waals surface area contributed by atoms with Crippen molar-refractivity contribution in [2.24, 2.45) is 0 Å². The van der Waals surface area contributed by atoms with E-state index in [2.05, 4.69) is 10.1 Å². The minimum atomic E-state index is -0.0954. The Bertz CT molecular complexity index is 615. The maximum atomic E-state index is 12.9. The lowest BCUT2D eigenvalue weighted by molar-refractivity contribution is 0.137. The molecule has 1 aliphatic rings. The van der Waals surface area contributed by atoms with E-state index in [-0.39, 0.29) is 12.1 Å². The third-order valence-electron chi connectivity index (χ3n) is 4.26. The van der Waals surface area contributed by atoms with Crippen LogP contribution in [0.1, 0.15) is 43.1 Å². The lowest BCUT2D eigenvalue weighted by Gasteiger charge is -2.32. The molecule has 2 aromatic rings. The van der Waals surface area contributed by atoms with Crippen molar-refractivity contribution in [1.82, 2.24) is 19.9 Å². The van der Waals surface area contributed by atoms with Crippen LogP contribution < -0.4 is 0 Å². The van der Waals surface area contributed by atoms with E-state index in [1.54, 1.807) is 4.90 Å². The van der Waals surface area contributed by atoms with E-state index in [1.807, 2.05) is 42.3 Å². The van der Waals surface area contributed by atoms with E-state index in [9.17, 15) is 4.79 Å². The first-order chi connectivity index (χ1) is 11.3. The van der Waals surface area contributed by atoms with E-state index in [1.165, 1.54) is 6.39 Å². The highest BCUT2D eigenvalue weighted by atomic mass is 16.5. The van der Waals surface area contributed by atoms with Gasteiger partial charge in [0, 0.05) is 20.1 Å². The maximum Gasteiger partial charge on any atom is 0.320 e. The van der Waals surface area contributed by atoms with Crippen LogP contribution >= 0.6 is 0 Å². The summed E-state index contributed by atoms with van der Waals surface area (Å²) in [4.78, 5) is 20.7. The van der Waals surface area contributed by atoms with Gasteiger partial charge in [0.1, 0.15) is 0 Å². The van der Waals surface area contributed by atoms with Crippen molar-refractivity contribution in [3.8, 4) is 0 Å². The number of rotatable bonds is 3. The number of likely N-dealkylation sites (tertiary alicyclic amines) is 1. The van der Waals surface area contributed by atoms with Gasteiger partial charge in [0.05, 0.1) is 6.04 Å². The predicted octanol–water partition coefficient (Wildman–Crippen LogP) is 3.24. The number of hydrogen-bond donors (Lipinski definition) is 0. The second-order valence-electron chi connectivity index (χ2n) is 5.97. The third-order valence-corrected chi connectivity index (χ3v) is 4.26. The van der Waals surface area contributed by atoms with Gasteiger partial charge in [-0.25, -0.2) is 4.79 Å². The molecular weight excluding hydrogens is 292 g/mol. The molecule has 2 amide bonds. The number of aromatic nitrogens is 2. The molecule has 0 aliphatic carbocycles. The summed E-state index contributed by atoms with van der Waals surface area (Å²) in [6.07, 6.45) is 5.42. The van der Waals surface area contributed by atoms with E-state index in [0.29, 0.717) is 12.4 Å². The van der Waals surface area contributed by atoms with Gasteiger partial charge in [-0.2, -0.15) is 4.98 Å². The Morgan fingerprint density at radius 2 is 2.13 bits per heavy atom. The molecule has 1 saturated heterocycles. The number of carbonyl (C=O) groups is 1. The molecule has 1 atom stereocenters. The molecule has 0 radical (unpaired) electrons. The van der Waals surface area contributed by atoms with Crippen molar-refractivity contribution in [2.45, 2.75) is 38.3 Å². The van der Waals surface area contributed by atoms with Crippen molar-refractivity contribution in [3.63, 3.8) is 0 Å². The molecule has 1 unspecified atom stereocenters. The Morgan fingerprint density at radius 1 is 1.30 bits per heavy atom. The average Bonchev–Trinajstić information content (AvgIpc) is 2.99. The number of carbonyl (C=O) groups excluding carboxylic acids is 1. The molecule has 1 aromatic carbocycles. The quantitative estimate of drug-likeness (QED) is 0.872. The monoisotopic (exact) mass is 314 g/mol. The fourth-order valence-electron chi connectivity index (χ4n) is 3.08. The van der Waals surface area contributed by atoms with E-state index < -0.39 is 0 Å². The van der Waals surface area contributed by atoms with Gasteiger partial charge in [-0.3, -0.25) is 0 Å². The molecule has 0 N–H and O–H groups in total. The minimum Gasteiger partial charge on any atom is -0.343 e. The zero-order valence-electron chi connectivity index (χ0n) is 13.4. The molecule has 23 heavy (non-hydrogen) atoms. The molecule has 0 spiro atoms. The zero-order chi connectivity index (χ0) is 16.1. The first-order valence-corrected chi connectivity index (χ1v) is 8.07. The summed E-state index contributed by atoms with van der Waals surface area (Å²) < 4.78 is 4.88. The highest BCUT2D eigenvalue weighted by Crippen LogP contribution is 2.29. The van der Waals surface area contributed by atoms with Crippen LogP contribution in [-0.2, 0) is 6.54 Å². The van der Waals surface area contributed by atoms with Crippen molar-refractivity contribution < 1.29 is 9.32 Å². The fraction of sp³-hybridized carbons (Fsp3) is 0.471. The molecule has 2 heterocycles. The van der Waals surface area contributed by atoms with Crippen LogP contribution in [0.4, 0.5) is 4.79 Å². The molecule has 122 valence electrons. The van der Waals surface area contributed by atoms with Crippen LogP contribution in [0, 0.1) is 0 Å². The van der Waals surface area contributed by atoms with Gasteiger partial charge in [-0.1, -0.05) is 48.3 Å². The lowest BCUT2D eigenvalue weighted by Crippen LogP contribution is -2.43. The largest absolute Gasteiger partial charge is 0.343 e. The molecule has 1 fully saturated rings. The Balaban J connectivity index is 1.74. The zero-order valence-corrected chi connectivity index (χ0v) is 13.4. The smallest absolute Gasteiger partial charge is 0.320 e. The average molecular weight is 314 g/mol. The summed E-state index contributed by atoms with van der Waals surface area (Å²) >= 11 is 0. The Kier molecular flexibility index (Phi) is 4.90. The molecule has 1 aromatic heterocycles. The maximum absolute atomic E-state index is 12.9. The SMILES string of the molecule is CN(Cc1ccccc1)C(=O)N1CCCCCC1c1ncon1.